The van der Waals surface area contributed by atoms with Gasteiger partial charge in [-0.3, -0.25) is 4.90 Å². The molecule has 1 aliphatic heterocycles. The normalized spacial score (nSPS) is 16.2. The van der Waals surface area contributed by atoms with E-state index in [-0.39, 0.29) is 0 Å². The molecule has 1 saturated heterocycles. The second-order valence-corrected chi connectivity index (χ2v) is 5.22. The van der Waals surface area contributed by atoms with Crippen molar-refractivity contribution in [1.29, 1.82) is 0 Å². The number of piperazine rings is 1. The zero-order valence-electron chi connectivity index (χ0n) is 12.6. The molecule has 0 atom stereocenters. The summed E-state index contributed by atoms with van der Waals surface area (Å²) in [6.07, 6.45) is 0. The first-order valence-electron chi connectivity index (χ1n) is 7.16. The van der Waals surface area contributed by atoms with E-state index in [4.69, 9.17) is 4.74 Å². The first-order chi connectivity index (χ1) is 9.74. The molecule has 0 amide bonds. The van der Waals surface area contributed by atoms with Crippen LogP contribution in [0.1, 0.15) is 0 Å². The van der Waals surface area contributed by atoms with E-state index in [1.807, 2.05) is 19.2 Å². The maximum absolute atomic E-state index is 5.44. The lowest BCUT2D eigenvalue weighted by atomic mass is 10.2. The Morgan fingerprint density at radius 3 is 2.60 bits per heavy atom. The van der Waals surface area contributed by atoms with Gasteiger partial charge in [-0.15, -0.1) is 0 Å². The molecule has 4 heteroatoms. The van der Waals surface area contributed by atoms with Crippen LogP contribution in [0.15, 0.2) is 36.4 Å². The third-order valence-electron chi connectivity index (χ3n) is 3.67. The molecule has 1 fully saturated rings. The van der Waals surface area contributed by atoms with Gasteiger partial charge in [0.05, 0.1) is 12.8 Å². The molecular formula is C16H25N3O. The molecule has 20 heavy (non-hydrogen) atoms. The highest BCUT2D eigenvalue weighted by molar-refractivity contribution is 5.58. The minimum absolute atomic E-state index is 0.896. The van der Waals surface area contributed by atoms with Gasteiger partial charge < -0.3 is 15.0 Å². The fourth-order valence-corrected chi connectivity index (χ4v) is 2.66. The van der Waals surface area contributed by atoms with Crippen LogP contribution in [-0.2, 0) is 0 Å². The Hall–Kier alpha value is -1.52. The number of hydrogen-bond donors (Lipinski definition) is 1. The fourth-order valence-electron chi connectivity index (χ4n) is 2.66. The number of rotatable bonds is 6. The van der Waals surface area contributed by atoms with Crippen molar-refractivity contribution in [1.82, 2.24) is 10.2 Å². The van der Waals surface area contributed by atoms with E-state index in [9.17, 15) is 0 Å². The summed E-state index contributed by atoms with van der Waals surface area (Å²) in [6, 6.07) is 8.24. The Bertz CT molecular complexity index is 439. The van der Waals surface area contributed by atoms with Gasteiger partial charge in [-0.2, -0.15) is 0 Å². The number of benzene rings is 1. The number of ether oxygens (including phenoxy) is 1. The van der Waals surface area contributed by atoms with Gasteiger partial charge in [0.15, 0.2) is 0 Å². The maximum atomic E-state index is 5.44. The molecular weight excluding hydrogens is 250 g/mol. The number of nitrogens with zero attached hydrogens (tertiary/aromatic N) is 2. The van der Waals surface area contributed by atoms with Crippen LogP contribution < -0.4 is 15.0 Å². The molecule has 0 spiro atoms. The summed E-state index contributed by atoms with van der Waals surface area (Å²) < 4.78 is 5.44. The number of nitrogens with one attached hydrogen (secondary N) is 1. The molecule has 1 aromatic rings. The molecule has 1 aromatic carbocycles. The van der Waals surface area contributed by atoms with Crippen LogP contribution in [0.2, 0.25) is 0 Å². The molecule has 110 valence electrons. The monoisotopic (exact) mass is 275 g/mol. The Balaban J connectivity index is 1.89. The van der Waals surface area contributed by atoms with E-state index in [2.05, 4.69) is 33.8 Å². The van der Waals surface area contributed by atoms with Crippen molar-refractivity contribution in [2.45, 2.75) is 0 Å². The highest BCUT2D eigenvalue weighted by Crippen LogP contribution is 2.28. The number of hydrogen-bond acceptors (Lipinski definition) is 4. The maximum Gasteiger partial charge on any atom is 0.142 e. The second-order valence-electron chi connectivity index (χ2n) is 5.22. The molecule has 1 aliphatic rings. The van der Waals surface area contributed by atoms with Gasteiger partial charge in [0.2, 0.25) is 0 Å². The van der Waals surface area contributed by atoms with Crippen LogP contribution in [0.5, 0.6) is 5.75 Å². The van der Waals surface area contributed by atoms with Crippen molar-refractivity contribution >= 4 is 5.69 Å². The molecule has 1 heterocycles. The summed E-state index contributed by atoms with van der Waals surface area (Å²) in [7, 11) is 3.70. The molecule has 2 rings (SSSR count). The average Bonchev–Trinajstić information content (AvgIpc) is 2.48. The summed E-state index contributed by atoms with van der Waals surface area (Å²) in [5.41, 5.74) is 2.45. The van der Waals surface area contributed by atoms with Gasteiger partial charge in [0, 0.05) is 39.3 Å². The molecule has 0 aromatic heterocycles. The molecule has 0 bridgehead atoms. The van der Waals surface area contributed by atoms with Gasteiger partial charge in [-0.1, -0.05) is 18.7 Å². The van der Waals surface area contributed by atoms with Gasteiger partial charge in [0.25, 0.3) is 0 Å². The third kappa shape index (κ3) is 3.74. The van der Waals surface area contributed by atoms with E-state index < -0.39 is 0 Å². The largest absolute Gasteiger partial charge is 0.495 e. The molecule has 0 unspecified atom stereocenters. The predicted molar refractivity (Wildman–Crippen MR) is 84.7 cm³/mol. The summed E-state index contributed by atoms with van der Waals surface area (Å²) in [4.78, 5) is 4.86. The fraction of sp³-hybridized carbons (Fsp3) is 0.500. The van der Waals surface area contributed by atoms with Gasteiger partial charge in [-0.05, 0) is 24.8 Å². The number of methoxy groups -OCH3 is 1. The van der Waals surface area contributed by atoms with Gasteiger partial charge >= 0.3 is 0 Å². The van der Waals surface area contributed by atoms with Gasteiger partial charge in [0.1, 0.15) is 5.75 Å². The Kier molecular flexibility index (Phi) is 5.44. The quantitative estimate of drug-likeness (QED) is 0.798. The van der Waals surface area contributed by atoms with Gasteiger partial charge in [-0.25, -0.2) is 0 Å². The summed E-state index contributed by atoms with van der Waals surface area (Å²) in [6.45, 7) is 10.2. The topological polar surface area (TPSA) is 27.7 Å². The van der Waals surface area contributed by atoms with Crippen molar-refractivity contribution in [3.63, 3.8) is 0 Å². The molecule has 1 N–H and O–H groups in total. The van der Waals surface area contributed by atoms with Crippen LogP contribution >= 0.6 is 0 Å². The van der Waals surface area contributed by atoms with Crippen molar-refractivity contribution in [2.75, 3.05) is 58.3 Å². The van der Waals surface area contributed by atoms with Crippen molar-refractivity contribution in [3.05, 3.63) is 36.4 Å². The molecule has 0 aliphatic carbocycles. The summed E-state index contributed by atoms with van der Waals surface area (Å²) >= 11 is 0. The van der Waals surface area contributed by atoms with Crippen molar-refractivity contribution in [3.8, 4) is 5.75 Å². The van der Waals surface area contributed by atoms with Crippen LogP contribution in [0.4, 0.5) is 5.69 Å². The zero-order chi connectivity index (χ0) is 14.4. The van der Waals surface area contributed by atoms with E-state index in [0.717, 1.165) is 45.0 Å². The minimum Gasteiger partial charge on any atom is -0.495 e. The summed E-state index contributed by atoms with van der Waals surface area (Å²) in [5.74, 6) is 0.959. The predicted octanol–water partition coefficient (Wildman–Crippen LogP) is 1.59. The van der Waals surface area contributed by atoms with Crippen molar-refractivity contribution < 1.29 is 4.74 Å². The summed E-state index contributed by atoms with van der Waals surface area (Å²) in [5, 5.41) is 3.15. The van der Waals surface area contributed by atoms with E-state index in [0.29, 0.717) is 0 Å². The van der Waals surface area contributed by atoms with E-state index in [1.165, 1.54) is 11.3 Å². The Morgan fingerprint density at radius 1 is 1.25 bits per heavy atom. The van der Waals surface area contributed by atoms with Crippen molar-refractivity contribution in [2.24, 2.45) is 0 Å². The number of para-hydroxylation sites is 2. The molecule has 0 radical (unpaired) electrons. The smallest absolute Gasteiger partial charge is 0.142 e. The first-order valence-corrected chi connectivity index (χ1v) is 7.16. The van der Waals surface area contributed by atoms with Crippen LogP contribution in [0.3, 0.4) is 0 Å². The van der Waals surface area contributed by atoms with Crippen LogP contribution in [-0.4, -0.2) is 58.3 Å². The minimum atomic E-state index is 0.896. The number of likely N-dealkylation sites (N-methyl/N-ethyl adjacent to an activating group) is 1. The Morgan fingerprint density at radius 2 is 1.95 bits per heavy atom. The standard InChI is InChI=1S/C16H25N3O/c1-14(12-17-2)13-18-8-10-19(11-9-18)15-6-4-5-7-16(15)20-3/h4-7,17H,1,8-13H2,2-3H3. The van der Waals surface area contributed by atoms with Crippen LogP contribution in [0.25, 0.3) is 0 Å². The lowest BCUT2D eigenvalue weighted by molar-refractivity contribution is 0.276. The lowest BCUT2D eigenvalue weighted by Gasteiger charge is -2.36. The first kappa shape index (κ1) is 14.9. The van der Waals surface area contributed by atoms with Crippen LogP contribution in [0, 0.1) is 0 Å². The lowest BCUT2D eigenvalue weighted by Crippen LogP contribution is -2.47. The molecule has 0 saturated carbocycles. The van der Waals surface area contributed by atoms with E-state index >= 15 is 0 Å². The number of anilines is 1. The highest BCUT2D eigenvalue weighted by atomic mass is 16.5. The second kappa shape index (κ2) is 7.31. The highest BCUT2D eigenvalue weighted by Gasteiger charge is 2.19. The molecule has 4 nitrogen and oxygen atoms in total. The van der Waals surface area contributed by atoms with E-state index in [1.54, 1.807) is 7.11 Å². The average molecular weight is 275 g/mol. The Labute approximate surface area is 122 Å². The zero-order valence-corrected chi connectivity index (χ0v) is 12.6. The third-order valence-corrected chi connectivity index (χ3v) is 3.67. The SMILES string of the molecule is C=C(CNC)CN1CCN(c2ccccc2OC)CC1.